The molecule has 0 saturated carbocycles. The highest BCUT2D eigenvalue weighted by Gasteiger charge is 2.27. The number of benzene rings is 1. The van der Waals surface area contributed by atoms with Crippen LogP contribution in [0.4, 0.5) is 0 Å². The second-order valence-corrected chi connectivity index (χ2v) is 7.88. The summed E-state index contributed by atoms with van der Waals surface area (Å²) in [7, 11) is 0. The standard InChI is InChI=1S/C16H22BrN3S/c1-5-18-13(10-11-7-6-8-12(17)9-11)14-15(16(2,3)4)19-20-21-14/h6-9,13,18H,5,10H2,1-4H3. The quantitative estimate of drug-likeness (QED) is 0.845. The van der Waals surface area contributed by atoms with E-state index in [0.29, 0.717) is 0 Å². The smallest absolute Gasteiger partial charge is 0.0857 e. The maximum absolute atomic E-state index is 4.37. The maximum atomic E-state index is 4.37. The molecule has 0 saturated heterocycles. The van der Waals surface area contributed by atoms with Crippen molar-refractivity contribution in [2.75, 3.05) is 6.54 Å². The number of halogens is 1. The summed E-state index contributed by atoms with van der Waals surface area (Å²) in [6.07, 6.45) is 0.945. The van der Waals surface area contributed by atoms with Crippen LogP contribution in [0.5, 0.6) is 0 Å². The second kappa shape index (κ2) is 6.99. The lowest BCUT2D eigenvalue weighted by molar-refractivity contribution is 0.515. The summed E-state index contributed by atoms with van der Waals surface area (Å²) in [5.74, 6) is 0. The van der Waals surface area contributed by atoms with Crippen molar-refractivity contribution in [1.82, 2.24) is 14.9 Å². The van der Waals surface area contributed by atoms with Gasteiger partial charge in [0.2, 0.25) is 0 Å². The van der Waals surface area contributed by atoms with Crippen molar-refractivity contribution < 1.29 is 0 Å². The molecule has 1 atom stereocenters. The third-order valence-corrected chi connectivity index (χ3v) is 4.65. The Balaban J connectivity index is 2.29. The summed E-state index contributed by atoms with van der Waals surface area (Å²) in [5, 5.41) is 7.95. The molecule has 1 aromatic heterocycles. The lowest BCUT2D eigenvalue weighted by Crippen LogP contribution is -2.25. The molecule has 3 nitrogen and oxygen atoms in total. The molecule has 0 aliphatic rings. The molecule has 0 spiro atoms. The SMILES string of the molecule is CCNC(Cc1cccc(Br)c1)c1snnc1C(C)(C)C. The first-order valence-corrected chi connectivity index (χ1v) is 8.79. The van der Waals surface area contributed by atoms with Crippen molar-refractivity contribution >= 4 is 27.5 Å². The lowest BCUT2D eigenvalue weighted by Gasteiger charge is -2.22. The van der Waals surface area contributed by atoms with Crippen molar-refractivity contribution in [3.8, 4) is 0 Å². The summed E-state index contributed by atoms with van der Waals surface area (Å²) >= 11 is 5.06. The third kappa shape index (κ3) is 4.34. The van der Waals surface area contributed by atoms with Crippen LogP contribution in [-0.2, 0) is 11.8 Å². The van der Waals surface area contributed by atoms with Crippen LogP contribution in [-0.4, -0.2) is 16.1 Å². The van der Waals surface area contributed by atoms with Crippen molar-refractivity contribution in [2.45, 2.75) is 45.6 Å². The molecular formula is C16H22BrN3S. The van der Waals surface area contributed by atoms with E-state index in [9.17, 15) is 0 Å². The molecule has 0 fully saturated rings. The van der Waals surface area contributed by atoms with Gasteiger partial charge in [-0.25, -0.2) is 0 Å². The van der Waals surface area contributed by atoms with Crippen LogP contribution in [0.1, 0.15) is 49.9 Å². The highest BCUT2D eigenvalue weighted by molar-refractivity contribution is 9.10. The van der Waals surface area contributed by atoms with Gasteiger partial charge >= 0.3 is 0 Å². The minimum Gasteiger partial charge on any atom is -0.309 e. The fourth-order valence-electron chi connectivity index (χ4n) is 2.35. The van der Waals surface area contributed by atoms with Gasteiger partial charge < -0.3 is 5.32 Å². The molecule has 0 aliphatic heterocycles. The Labute approximate surface area is 139 Å². The molecule has 21 heavy (non-hydrogen) atoms. The van der Waals surface area contributed by atoms with Crippen molar-refractivity contribution in [3.63, 3.8) is 0 Å². The highest BCUT2D eigenvalue weighted by atomic mass is 79.9. The summed E-state index contributed by atoms with van der Waals surface area (Å²) in [4.78, 5) is 1.25. The Bertz CT molecular complexity index is 589. The van der Waals surface area contributed by atoms with Crippen LogP contribution >= 0.6 is 27.5 Å². The largest absolute Gasteiger partial charge is 0.309 e. The molecule has 1 N–H and O–H groups in total. The first kappa shape index (κ1) is 16.6. The Kier molecular flexibility index (Phi) is 5.52. The van der Waals surface area contributed by atoms with Gasteiger partial charge in [0.25, 0.3) is 0 Å². The molecule has 0 radical (unpaired) electrons. The number of nitrogens with one attached hydrogen (secondary N) is 1. The molecule has 2 aromatic rings. The first-order valence-electron chi connectivity index (χ1n) is 7.22. The predicted molar refractivity (Wildman–Crippen MR) is 92.9 cm³/mol. The van der Waals surface area contributed by atoms with Gasteiger partial charge in [-0.1, -0.05) is 60.2 Å². The van der Waals surface area contributed by atoms with E-state index in [1.807, 2.05) is 0 Å². The molecule has 0 amide bonds. The molecule has 0 bridgehead atoms. The summed E-state index contributed by atoms with van der Waals surface area (Å²) in [6, 6.07) is 8.74. The molecule has 114 valence electrons. The average Bonchev–Trinajstić information content (AvgIpc) is 2.87. The summed E-state index contributed by atoms with van der Waals surface area (Å²) in [6.45, 7) is 9.64. The van der Waals surface area contributed by atoms with Gasteiger partial charge in [-0.15, -0.1) is 5.10 Å². The number of hydrogen-bond acceptors (Lipinski definition) is 4. The number of aromatic nitrogens is 2. The van der Waals surface area contributed by atoms with E-state index in [-0.39, 0.29) is 11.5 Å². The number of rotatable bonds is 5. The Morgan fingerprint density at radius 3 is 2.71 bits per heavy atom. The normalized spacial score (nSPS) is 13.4. The van der Waals surface area contributed by atoms with Crippen molar-refractivity contribution in [3.05, 3.63) is 44.9 Å². The fraction of sp³-hybridized carbons (Fsp3) is 0.500. The van der Waals surface area contributed by atoms with Gasteiger partial charge in [-0.2, -0.15) is 0 Å². The van der Waals surface area contributed by atoms with E-state index in [2.05, 4.69) is 82.8 Å². The van der Waals surface area contributed by atoms with E-state index in [1.165, 1.54) is 22.0 Å². The van der Waals surface area contributed by atoms with Crippen LogP contribution in [0.25, 0.3) is 0 Å². The van der Waals surface area contributed by atoms with Crippen LogP contribution in [0, 0.1) is 0 Å². The van der Waals surface area contributed by atoms with Gasteiger partial charge in [-0.05, 0) is 42.2 Å². The number of likely N-dealkylation sites (N-methyl/N-ethyl adjacent to an activating group) is 1. The Morgan fingerprint density at radius 2 is 2.10 bits per heavy atom. The zero-order valence-corrected chi connectivity index (χ0v) is 15.4. The van der Waals surface area contributed by atoms with Gasteiger partial charge in [0.15, 0.2) is 0 Å². The molecule has 5 heteroatoms. The van der Waals surface area contributed by atoms with Crippen LogP contribution < -0.4 is 5.32 Å². The van der Waals surface area contributed by atoms with Gasteiger partial charge in [0.1, 0.15) is 0 Å². The van der Waals surface area contributed by atoms with E-state index in [1.54, 1.807) is 0 Å². The molecule has 1 heterocycles. The summed E-state index contributed by atoms with van der Waals surface area (Å²) in [5.41, 5.74) is 2.44. The van der Waals surface area contributed by atoms with E-state index >= 15 is 0 Å². The number of nitrogens with zero attached hydrogens (tertiary/aromatic N) is 2. The Hall–Kier alpha value is -0.780. The van der Waals surface area contributed by atoms with Crippen LogP contribution in [0.15, 0.2) is 28.7 Å². The van der Waals surface area contributed by atoms with E-state index in [0.717, 1.165) is 23.1 Å². The maximum Gasteiger partial charge on any atom is 0.0857 e. The van der Waals surface area contributed by atoms with E-state index in [4.69, 9.17) is 0 Å². The molecule has 1 aromatic carbocycles. The minimum atomic E-state index is 0.0211. The Morgan fingerprint density at radius 1 is 1.33 bits per heavy atom. The van der Waals surface area contributed by atoms with Gasteiger partial charge in [0.05, 0.1) is 10.6 Å². The predicted octanol–water partition coefficient (Wildman–Crippen LogP) is 4.49. The van der Waals surface area contributed by atoms with Crippen LogP contribution in [0.2, 0.25) is 0 Å². The average molecular weight is 368 g/mol. The van der Waals surface area contributed by atoms with Gasteiger partial charge in [-0.3, -0.25) is 0 Å². The second-order valence-electron chi connectivity index (χ2n) is 6.18. The van der Waals surface area contributed by atoms with E-state index < -0.39 is 0 Å². The lowest BCUT2D eigenvalue weighted by atomic mass is 9.89. The monoisotopic (exact) mass is 367 g/mol. The molecule has 0 aliphatic carbocycles. The third-order valence-electron chi connectivity index (χ3n) is 3.32. The highest BCUT2D eigenvalue weighted by Crippen LogP contribution is 2.32. The fourth-order valence-corrected chi connectivity index (χ4v) is 3.73. The molecule has 2 rings (SSSR count). The van der Waals surface area contributed by atoms with Gasteiger partial charge in [0, 0.05) is 15.9 Å². The van der Waals surface area contributed by atoms with Crippen LogP contribution in [0.3, 0.4) is 0 Å². The zero-order valence-electron chi connectivity index (χ0n) is 13.0. The topological polar surface area (TPSA) is 37.8 Å². The van der Waals surface area contributed by atoms with Crippen molar-refractivity contribution in [2.24, 2.45) is 0 Å². The number of hydrogen-bond donors (Lipinski definition) is 1. The summed E-state index contributed by atoms with van der Waals surface area (Å²) < 4.78 is 5.31. The zero-order chi connectivity index (χ0) is 15.5. The molecular weight excluding hydrogens is 346 g/mol. The molecule has 1 unspecified atom stereocenters. The minimum absolute atomic E-state index is 0.0211. The van der Waals surface area contributed by atoms with Crippen molar-refractivity contribution in [1.29, 1.82) is 0 Å². The first-order chi connectivity index (χ1) is 9.91.